The van der Waals surface area contributed by atoms with Gasteiger partial charge in [-0.1, -0.05) is 31.5 Å². The molecule has 0 aliphatic heterocycles. The summed E-state index contributed by atoms with van der Waals surface area (Å²) in [7, 11) is 0. The van der Waals surface area contributed by atoms with Gasteiger partial charge in [-0.05, 0) is 25.0 Å². The third-order valence-electron chi connectivity index (χ3n) is 2.67. The zero-order valence-electron chi connectivity index (χ0n) is 11.1. The van der Waals surface area contributed by atoms with Crippen LogP contribution in [-0.2, 0) is 4.79 Å². The monoisotopic (exact) mass is 251 g/mol. The number of amides is 1. The molecule has 4 nitrogen and oxygen atoms in total. The Hall–Kier alpha value is -1.55. The van der Waals surface area contributed by atoms with Crippen molar-refractivity contribution in [1.82, 2.24) is 5.32 Å². The molecule has 1 amide bonds. The van der Waals surface area contributed by atoms with Crippen molar-refractivity contribution in [1.29, 1.82) is 0 Å². The Morgan fingerprint density at radius 2 is 1.94 bits per heavy atom. The maximum Gasteiger partial charge on any atom is 0.258 e. The average molecular weight is 251 g/mol. The van der Waals surface area contributed by atoms with E-state index in [0.29, 0.717) is 5.75 Å². The molecule has 0 aromatic heterocycles. The van der Waals surface area contributed by atoms with E-state index in [9.17, 15) is 9.90 Å². The molecule has 1 rings (SSSR count). The van der Waals surface area contributed by atoms with Crippen LogP contribution in [0.4, 0.5) is 0 Å². The van der Waals surface area contributed by atoms with Gasteiger partial charge < -0.3 is 15.2 Å². The zero-order chi connectivity index (χ0) is 13.5. The summed E-state index contributed by atoms with van der Waals surface area (Å²) in [6, 6.07) is 7.50. The highest BCUT2D eigenvalue weighted by Crippen LogP contribution is 2.10. The highest BCUT2D eigenvalue weighted by Gasteiger charge is 2.10. The van der Waals surface area contributed by atoms with Gasteiger partial charge in [0.25, 0.3) is 5.91 Å². The molecule has 18 heavy (non-hydrogen) atoms. The molecule has 1 aromatic carbocycles. The Labute approximate surface area is 108 Å². The fraction of sp³-hybridized carbons (Fsp3) is 0.500. The van der Waals surface area contributed by atoms with Gasteiger partial charge in [0.05, 0.1) is 6.10 Å². The van der Waals surface area contributed by atoms with E-state index in [1.165, 1.54) is 0 Å². The SMILES string of the molecule is Cc1ccc(OCC(=O)NCC(O)C(C)C)cc1. The van der Waals surface area contributed by atoms with Crippen LogP contribution in [0.15, 0.2) is 24.3 Å². The van der Waals surface area contributed by atoms with Gasteiger partial charge in [-0.15, -0.1) is 0 Å². The highest BCUT2D eigenvalue weighted by molar-refractivity contribution is 5.77. The van der Waals surface area contributed by atoms with Gasteiger partial charge in [0.15, 0.2) is 6.61 Å². The average Bonchev–Trinajstić information content (AvgIpc) is 2.35. The molecule has 0 bridgehead atoms. The Bertz CT molecular complexity index is 373. The first kappa shape index (κ1) is 14.5. The standard InChI is InChI=1S/C14H21NO3/c1-10(2)13(16)8-15-14(17)9-18-12-6-4-11(3)5-7-12/h4-7,10,13,16H,8-9H2,1-3H3,(H,15,17). The summed E-state index contributed by atoms with van der Waals surface area (Å²) in [4.78, 5) is 11.5. The second kappa shape index (κ2) is 7.01. The molecule has 1 unspecified atom stereocenters. The summed E-state index contributed by atoms with van der Waals surface area (Å²) < 4.78 is 5.32. The lowest BCUT2D eigenvalue weighted by atomic mass is 10.1. The molecule has 0 radical (unpaired) electrons. The Kier molecular flexibility index (Phi) is 5.65. The Morgan fingerprint density at radius 1 is 1.33 bits per heavy atom. The largest absolute Gasteiger partial charge is 0.484 e. The van der Waals surface area contributed by atoms with Crippen LogP contribution in [0.2, 0.25) is 0 Å². The van der Waals surface area contributed by atoms with Crippen LogP contribution in [0.3, 0.4) is 0 Å². The van der Waals surface area contributed by atoms with Crippen molar-refractivity contribution < 1.29 is 14.6 Å². The highest BCUT2D eigenvalue weighted by atomic mass is 16.5. The molecule has 1 aromatic rings. The maximum absolute atomic E-state index is 11.5. The number of rotatable bonds is 6. The molecular formula is C14H21NO3. The van der Waals surface area contributed by atoms with Crippen molar-refractivity contribution in [3.05, 3.63) is 29.8 Å². The van der Waals surface area contributed by atoms with Crippen molar-refractivity contribution in [2.75, 3.05) is 13.2 Å². The number of hydrogen-bond acceptors (Lipinski definition) is 3. The number of nitrogens with one attached hydrogen (secondary N) is 1. The fourth-order valence-electron chi connectivity index (χ4n) is 1.29. The molecule has 0 aliphatic carbocycles. The lowest BCUT2D eigenvalue weighted by molar-refractivity contribution is -0.123. The van der Waals surface area contributed by atoms with Gasteiger partial charge in [0.2, 0.25) is 0 Å². The molecule has 1 atom stereocenters. The van der Waals surface area contributed by atoms with E-state index in [1.807, 2.05) is 45.0 Å². The van der Waals surface area contributed by atoms with Gasteiger partial charge in [-0.25, -0.2) is 0 Å². The maximum atomic E-state index is 11.5. The van der Waals surface area contributed by atoms with Crippen molar-refractivity contribution in [2.24, 2.45) is 5.92 Å². The zero-order valence-corrected chi connectivity index (χ0v) is 11.1. The van der Waals surface area contributed by atoms with Crippen molar-refractivity contribution >= 4 is 5.91 Å². The normalized spacial score (nSPS) is 12.3. The first-order valence-corrected chi connectivity index (χ1v) is 6.13. The predicted molar refractivity (Wildman–Crippen MR) is 70.5 cm³/mol. The first-order chi connectivity index (χ1) is 8.49. The van der Waals surface area contributed by atoms with E-state index in [4.69, 9.17) is 4.74 Å². The summed E-state index contributed by atoms with van der Waals surface area (Å²) >= 11 is 0. The lowest BCUT2D eigenvalue weighted by Crippen LogP contribution is -2.37. The number of benzene rings is 1. The second-order valence-electron chi connectivity index (χ2n) is 4.72. The van der Waals surface area contributed by atoms with Crippen molar-refractivity contribution in [3.63, 3.8) is 0 Å². The minimum Gasteiger partial charge on any atom is -0.484 e. The summed E-state index contributed by atoms with van der Waals surface area (Å²) in [5, 5.41) is 12.2. The van der Waals surface area contributed by atoms with E-state index in [0.717, 1.165) is 5.56 Å². The smallest absolute Gasteiger partial charge is 0.258 e. The summed E-state index contributed by atoms with van der Waals surface area (Å²) in [5.74, 6) is 0.568. The minimum absolute atomic E-state index is 0.0339. The number of aliphatic hydroxyl groups excluding tert-OH is 1. The summed E-state index contributed by atoms with van der Waals surface area (Å²) in [6.45, 7) is 6.02. The van der Waals surface area contributed by atoms with E-state index < -0.39 is 6.10 Å². The van der Waals surface area contributed by atoms with Crippen LogP contribution >= 0.6 is 0 Å². The van der Waals surface area contributed by atoms with Crippen LogP contribution in [0.5, 0.6) is 5.75 Å². The van der Waals surface area contributed by atoms with Crippen molar-refractivity contribution in [2.45, 2.75) is 26.9 Å². The summed E-state index contributed by atoms with van der Waals surface area (Å²) in [5.41, 5.74) is 1.15. The number of carbonyl (C=O) groups is 1. The molecule has 4 heteroatoms. The van der Waals surface area contributed by atoms with Gasteiger partial charge in [-0.2, -0.15) is 0 Å². The van der Waals surface area contributed by atoms with E-state index in [1.54, 1.807) is 0 Å². The van der Waals surface area contributed by atoms with Crippen LogP contribution in [0.25, 0.3) is 0 Å². The van der Waals surface area contributed by atoms with Crippen LogP contribution in [0.1, 0.15) is 19.4 Å². The first-order valence-electron chi connectivity index (χ1n) is 6.13. The van der Waals surface area contributed by atoms with Gasteiger partial charge in [0, 0.05) is 6.54 Å². The van der Waals surface area contributed by atoms with Gasteiger partial charge in [-0.3, -0.25) is 4.79 Å². The number of ether oxygens (including phenoxy) is 1. The molecule has 0 saturated carbocycles. The number of aryl methyl sites for hydroxylation is 1. The Balaban J connectivity index is 2.27. The molecule has 0 aliphatic rings. The minimum atomic E-state index is -0.520. The molecular weight excluding hydrogens is 230 g/mol. The molecule has 0 spiro atoms. The number of carbonyl (C=O) groups excluding carboxylic acids is 1. The van der Waals surface area contributed by atoms with Crippen LogP contribution in [-0.4, -0.2) is 30.3 Å². The molecule has 0 heterocycles. The number of aliphatic hydroxyl groups is 1. The third kappa shape index (κ3) is 5.19. The third-order valence-corrected chi connectivity index (χ3v) is 2.67. The topological polar surface area (TPSA) is 58.6 Å². The lowest BCUT2D eigenvalue weighted by Gasteiger charge is -2.15. The molecule has 0 fully saturated rings. The van der Waals surface area contributed by atoms with Crippen LogP contribution < -0.4 is 10.1 Å². The van der Waals surface area contributed by atoms with E-state index in [-0.39, 0.29) is 25.0 Å². The quantitative estimate of drug-likeness (QED) is 0.805. The van der Waals surface area contributed by atoms with Crippen molar-refractivity contribution in [3.8, 4) is 5.75 Å². The van der Waals surface area contributed by atoms with Gasteiger partial charge >= 0.3 is 0 Å². The second-order valence-corrected chi connectivity index (χ2v) is 4.72. The molecule has 0 saturated heterocycles. The Morgan fingerprint density at radius 3 is 2.50 bits per heavy atom. The predicted octanol–water partition coefficient (Wildman–Crippen LogP) is 1.51. The summed E-state index contributed by atoms with van der Waals surface area (Å²) in [6.07, 6.45) is -0.520. The van der Waals surface area contributed by atoms with E-state index in [2.05, 4.69) is 5.32 Å². The molecule has 100 valence electrons. The van der Waals surface area contributed by atoms with E-state index >= 15 is 0 Å². The van der Waals surface area contributed by atoms with Crippen LogP contribution in [0, 0.1) is 12.8 Å². The molecule has 2 N–H and O–H groups in total. The fourth-order valence-corrected chi connectivity index (χ4v) is 1.29. The number of hydrogen-bond donors (Lipinski definition) is 2. The van der Waals surface area contributed by atoms with Gasteiger partial charge in [0.1, 0.15) is 5.75 Å².